The summed E-state index contributed by atoms with van der Waals surface area (Å²) in [6.07, 6.45) is 1.29. The number of aromatic nitrogens is 2. The fourth-order valence-electron chi connectivity index (χ4n) is 1.42. The first kappa shape index (κ1) is 17.4. The third-order valence-corrected chi connectivity index (χ3v) is 2.42. The molecule has 0 atom stereocenters. The van der Waals surface area contributed by atoms with Crippen LogP contribution in [0, 0.1) is 0 Å². The van der Waals surface area contributed by atoms with Gasteiger partial charge in [0.25, 0.3) is 5.91 Å². The van der Waals surface area contributed by atoms with Crippen LogP contribution in [-0.4, -0.2) is 62.2 Å². The zero-order chi connectivity index (χ0) is 13.5. The molecule has 7 nitrogen and oxygen atoms in total. The number of nitrogens with zero attached hydrogens (tertiary/aromatic N) is 3. The Morgan fingerprint density at radius 3 is 2.26 bits per heavy atom. The highest BCUT2D eigenvalue weighted by Gasteiger charge is 2.23. The lowest BCUT2D eigenvalue weighted by atomic mass is 10.2. The van der Waals surface area contributed by atoms with Crippen LogP contribution in [0.5, 0.6) is 11.8 Å². The molecule has 0 aliphatic heterocycles. The smallest absolute Gasteiger partial charge is 0.264 e. The number of hydrogen-bond donors (Lipinski definition) is 1. The summed E-state index contributed by atoms with van der Waals surface area (Å²) in [7, 11) is 6.43. The summed E-state index contributed by atoms with van der Waals surface area (Å²) >= 11 is 0. The largest absolute Gasteiger partial charge is 0.480 e. The van der Waals surface area contributed by atoms with Gasteiger partial charge in [-0.2, -0.15) is 0 Å². The average Bonchev–Trinajstić information content (AvgIpc) is 2.42. The van der Waals surface area contributed by atoms with Crippen molar-refractivity contribution in [1.29, 1.82) is 0 Å². The molecule has 0 aromatic carbocycles. The Morgan fingerprint density at radius 2 is 1.84 bits per heavy atom. The first-order chi connectivity index (χ1) is 8.65. The summed E-state index contributed by atoms with van der Waals surface area (Å²) in [6.45, 7) is 1.26. The minimum absolute atomic E-state index is 0. The second-order valence-electron chi connectivity index (χ2n) is 3.60. The van der Waals surface area contributed by atoms with Gasteiger partial charge in [-0.1, -0.05) is 0 Å². The third kappa shape index (κ3) is 4.22. The molecule has 0 radical (unpaired) electrons. The van der Waals surface area contributed by atoms with E-state index in [1.165, 1.54) is 20.5 Å². The summed E-state index contributed by atoms with van der Waals surface area (Å²) in [4.78, 5) is 21.7. The Balaban J connectivity index is 0.00000324. The van der Waals surface area contributed by atoms with Gasteiger partial charge in [0.1, 0.15) is 6.33 Å². The monoisotopic (exact) mass is 290 g/mol. The minimum Gasteiger partial charge on any atom is -0.480 e. The minimum atomic E-state index is -0.237. The number of nitrogens with one attached hydrogen (secondary N) is 1. The predicted octanol–water partition coefficient (Wildman–Crippen LogP) is 0.207. The van der Waals surface area contributed by atoms with E-state index < -0.39 is 0 Å². The van der Waals surface area contributed by atoms with E-state index in [2.05, 4.69) is 15.3 Å². The Hall–Kier alpha value is -1.60. The average molecular weight is 291 g/mol. The Bertz CT molecular complexity index is 395. The van der Waals surface area contributed by atoms with Gasteiger partial charge in [0.05, 0.1) is 14.2 Å². The molecule has 1 aromatic heterocycles. The molecular weight excluding hydrogens is 272 g/mol. The van der Waals surface area contributed by atoms with Crippen molar-refractivity contribution in [3.8, 4) is 11.8 Å². The summed E-state index contributed by atoms with van der Waals surface area (Å²) in [5, 5.41) is 2.97. The van der Waals surface area contributed by atoms with E-state index in [1.807, 2.05) is 7.05 Å². The van der Waals surface area contributed by atoms with E-state index in [-0.39, 0.29) is 35.6 Å². The van der Waals surface area contributed by atoms with Crippen molar-refractivity contribution in [2.75, 3.05) is 41.4 Å². The highest BCUT2D eigenvalue weighted by molar-refractivity contribution is 5.98. The highest BCUT2D eigenvalue weighted by Crippen LogP contribution is 2.24. The number of methoxy groups -OCH3 is 2. The van der Waals surface area contributed by atoms with Crippen LogP contribution in [0.2, 0.25) is 0 Å². The first-order valence-corrected chi connectivity index (χ1v) is 5.48. The number of rotatable bonds is 6. The van der Waals surface area contributed by atoms with Gasteiger partial charge >= 0.3 is 0 Å². The lowest BCUT2D eigenvalue weighted by molar-refractivity contribution is 0.0788. The maximum atomic E-state index is 12.3. The number of ether oxygens (including phenoxy) is 2. The third-order valence-electron chi connectivity index (χ3n) is 2.42. The fourth-order valence-corrected chi connectivity index (χ4v) is 1.42. The number of carbonyl (C=O) groups is 1. The van der Waals surface area contributed by atoms with Crippen molar-refractivity contribution in [2.24, 2.45) is 0 Å². The molecular formula is C11H19ClN4O3. The molecule has 8 heteroatoms. The van der Waals surface area contributed by atoms with Crippen LogP contribution in [0.1, 0.15) is 10.4 Å². The molecule has 0 bridgehead atoms. The summed E-state index contributed by atoms with van der Waals surface area (Å²) in [5.41, 5.74) is 0.237. The predicted molar refractivity (Wildman–Crippen MR) is 73.3 cm³/mol. The van der Waals surface area contributed by atoms with Crippen LogP contribution in [0.3, 0.4) is 0 Å². The van der Waals surface area contributed by atoms with Crippen molar-refractivity contribution in [3.63, 3.8) is 0 Å². The second kappa shape index (κ2) is 8.49. The molecule has 1 N–H and O–H groups in total. The molecule has 0 aliphatic rings. The van der Waals surface area contributed by atoms with Crippen LogP contribution < -0.4 is 14.8 Å². The lowest BCUT2D eigenvalue weighted by Gasteiger charge is -2.18. The van der Waals surface area contributed by atoms with Gasteiger partial charge in [0.2, 0.25) is 11.8 Å². The van der Waals surface area contributed by atoms with Gasteiger partial charge < -0.3 is 19.7 Å². The maximum Gasteiger partial charge on any atom is 0.264 e. The molecule has 108 valence electrons. The van der Waals surface area contributed by atoms with Crippen LogP contribution in [0.4, 0.5) is 0 Å². The van der Waals surface area contributed by atoms with Crippen molar-refractivity contribution >= 4 is 18.3 Å². The van der Waals surface area contributed by atoms with Gasteiger partial charge in [0, 0.05) is 20.1 Å². The molecule has 1 aromatic rings. The Labute approximate surface area is 118 Å². The van der Waals surface area contributed by atoms with E-state index in [1.54, 1.807) is 11.9 Å². The molecule has 1 rings (SSSR count). The quantitative estimate of drug-likeness (QED) is 0.807. The van der Waals surface area contributed by atoms with Crippen LogP contribution in [0.25, 0.3) is 0 Å². The molecule has 0 unspecified atom stereocenters. The van der Waals surface area contributed by atoms with E-state index in [9.17, 15) is 4.79 Å². The van der Waals surface area contributed by atoms with Crippen LogP contribution >= 0.6 is 12.4 Å². The standard InChI is InChI=1S/C11H18N4O3.ClH/c1-12-5-6-15(2)11(16)8-9(17-3)13-7-14-10(8)18-4;/h7,12H,5-6H2,1-4H3;1H. The summed E-state index contributed by atoms with van der Waals surface area (Å²) in [6, 6.07) is 0. The van der Waals surface area contributed by atoms with Crippen molar-refractivity contribution in [1.82, 2.24) is 20.2 Å². The van der Waals surface area contributed by atoms with Crippen LogP contribution in [-0.2, 0) is 0 Å². The zero-order valence-corrected chi connectivity index (χ0v) is 12.3. The number of hydrogen-bond acceptors (Lipinski definition) is 6. The zero-order valence-electron chi connectivity index (χ0n) is 11.5. The fraction of sp³-hybridized carbons (Fsp3) is 0.545. The van der Waals surface area contributed by atoms with E-state index >= 15 is 0 Å². The van der Waals surface area contributed by atoms with Crippen LogP contribution in [0.15, 0.2) is 6.33 Å². The summed E-state index contributed by atoms with van der Waals surface area (Å²) < 4.78 is 10.1. The first-order valence-electron chi connectivity index (χ1n) is 5.48. The molecule has 0 aliphatic carbocycles. The summed E-state index contributed by atoms with van der Waals surface area (Å²) in [5.74, 6) is 0.186. The number of likely N-dealkylation sites (N-methyl/N-ethyl adjacent to an activating group) is 2. The maximum absolute atomic E-state index is 12.3. The second-order valence-corrected chi connectivity index (χ2v) is 3.60. The van der Waals surface area contributed by atoms with Crippen molar-refractivity contribution < 1.29 is 14.3 Å². The van der Waals surface area contributed by atoms with Crippen molar-refractivity contribution in [2.45, 2.75) is 0 Å². The molecule has 0 saturated carbocycles. The van der Waals surface area contributed by atoms with E-state index in [4.69, 9.17) is 9.47 Å². The molecule has 0 fully saturated rings. The number of amides is 1. The topological polar surface area (TPSA) is 76.6 Å². The Kier molecular flexibility index (Phi) is 7.78. The lowest BCUT2D eigenvalue weighted by Crippen LogP contribution is -2.33. The molecule has 0 saturated heterocycles. The number of carbonyl (C=O) groups excluding carboxylic acids is 1. The van der Waals surface area contributed by atoms with Gasteiger partial charge in [-0.05, 0) is 7.05 Å². The highest BCUT2D eigenvalue weighted by atomic mass is 35.5. The van der Waals surface area contributed by atoms with Gasteiger partial charge in [-0.3, -0.25) is 4.79 Å². The SMILES string of the molecule is CNCCN(C)C(=O)c1c(OC)ncnc1OC.Cl. The molecule has 1 heterocycles. The van der Waals surface area contributed by atoms with E-state index in [0.29, 0.717) is 13.1 Å². The normalized spacial score (nSPS) is 9.47. The molecule has 1 amide bonds. The van der Waals surface area contributed by atoms with Gasteiger partial charge in [-0.25, -0.2) is 9.97 Å². The Morgan fingerprint density at radius 1 is 1.32 bits per heavy atom. The van der Waals surface area contributed by atoms with E-state index in [0.717, 1.165) is 0 Å². The molecule has 0 spiro atoms. The van der Waals surface area contributed by atoms with Gasteiger partial charge in [0.15, 0.2) is 5.56 Å². The number of halogens is 1. The molecule has 19 heavy (non-hydrogen) atoms. The van der Waals surface area contributed by atoms with Crippen molar-refractivity contribution in [3.05, 3.63) is 11.9 Å². The van der Waals surface area contributed by atoms with Gasteiger partial charge in [-0.15, -0.1) is 12.4 Å².